The van der Waals surface area contributed by atoms with E-state index in [1.165, 1.54) is 24.3 Å². The summed E-state index contributed by atoms with van der Waals surface area (Å²) in [5.41, 5.74) is 0.0679. The van der Waals surface area contributed by atoms with Gasteiger partial charge in [0.05, 0.1) is 16.6 Å². The van der Waals surface area contributed by atoms with Crippen molar-refractivity contribution in [2.75, 3.05) is 6.61 Å². The van der Waals surface area contributed by atoms with Gasteiger partial charge in [0.2, 0.25) is 10.0 Å². The number of carboxylic acids is 1. The molecule has 0 amide bonds. The minimum absolute atomic E-state index is 0.0679. The van der Waals surface area contributed by atoms with Crippen molar-refractivity contribution in [1.29, 1.82) is 0 Å². The first kappa shape index (κ1) is 15.5. The molecule has 4 atom stereocenters. The lowest BCUT2D eigenvalue weighted by Gasteiger charge is -2.47. The van der Waals surface area contributed by atoms with Gasteiger partial charge in [0.15, 0.2) is 0 Å². The molecule has 120 valence electrons. The van der Waals surface area contributed by atoms with Crippen molar-refractivity contribution in [3.8, 4) is 0 Å². The van der Waals surface area contributed by atoms with Crippen molar-refractivity contribution in [2.45, 2.75) is 36.8 Å². The third-order valence-electron chi connectivity index (χ3n) is 4.70. The van der Waals surface area contributed by atoms with E-state index in [2.05, 4.69) is 4.72 Å². The number of sulfonamides is 1. The molecule has 7 heteroatoms. The van der Waals surface area contributed by atoms with Crippen LogP contribution < -0.4 is 4.72 Å². The van der Waals surface area contributed by atoms with Gasteiger partial charge in [0, 0.05) is 24.5 Å². The highest BCUT2D eigenvalue weighted by atomic mass is 32.2. The van der Waals surface area contributed by atoms with E-state index in [0.717, 1.165) is 12.8 Å². The van der Waals surface area contributed by atoms with E-state index >= 15 is 0 Å². The van der Waals surface area contributed by atoms with Gasteiger partial charge in [-0.1, -0.05) is 6.92 Å². The van der Waals surface area contributed by atoms with E-state index in [1.807, 2.05) is 6.92 Å². The van der Waals surface area contributed by atoms with E-state index in [-0.39, 0.29) is 34.4 Å². The smallest absolute Gasteiger partial charge is 0.335 e. The van der Waals surface area contributed by atoms with Crippen LogP contribution in [-0.2, 0) is 14.8 Å². The fourth-order valence-corrected chi connectivity index (χ4v) is 4.85. The van der Waals surface area contributed by atoms with Crippen LogP contribution in [-0.4, -0.2) is 38.2 Å². The van der Waals surface area contributed by atoms with Crippen molar-refractivity contribution in [2.24, 2.45) is 11.8 Å². The topological polar surface area (TPSA) is 92.7 Å². The van der Waals surface area contributed by atoms with E-state index in [0.29, 0.717) is 6.61 Å². The van der Waals surface area contributed by atoms with E-state index in [1.54, 1.807) is 0 Å². The van der Waals surface area contributed by atoms with Crippen LogP contribution in [0.5, 0.6) is 0 Å². The molecular weight excluding hydrogens is 306 g/mol. The second-order valence-electron chi connectivity index (χ2n) is 5.84. The Morgan fingerprint density at radius 1 is 1.36 bits per heavy atom. The lowest BCUT2D eigenvalue weighted by atomic mass is 9.66. The van der Waals surface area contributed by atoms with Gasteiger partial charge in [-0.2, -0.15) is 0 Å². The molecule has 3 rings (SSSR count). The van der Waals surface area contributed by atoms with Crippen LogP contribution in [0.2, 0.25) is 0 Å². The zero-order chi connectivity index (χ0) is 15.9. The molecule has 6 nitrogen and oxygen atoms in total. The predicted molar refractivity (Wildman–Crippen MR) is 79.1 cm³/mol. The molecular formula is C15H19NO5S. The number of hydrogen-bond donors (Lipinski definition) is 2. The van der Waals surface area contributed by atoms with Gasteiger partial charge in [-0.3, -0.25) is 0 Å². The molecule has 0 spiro atoms. The van der Waals surface area contributed by atoms with Gasteiger partial charge in [-0.25, -0.2) is 17.9 Å². The molecule has 2 aliphatic rings. The van der Waals surface area contributed by atoms with E-state index in [4.69, 9.17) is 9.84 Å². The fraction of sp³-hybridized carbons (Fsp3) is 0.533. The van der Waals surface area contributed by atoms with Crippen LogP contribution >= 0.6 is 0 Å². The Morgan fingerprint density at radius 2 is 2.05 bits per heavy atom. The van der Waals surface area contributed by atoms with E-state index < -0.39 is 16.0 Å². The third-order valence-corrected chi connectivity index (χ3v) is 6.18. The van der Waals surface area contributed by atoms with Crippen molar-refractivity contribution in [3.05, 3.63) is 29.8 Å². The quantitative estimate of drug-likeness (QED) is 0.855. The maximum atomic E-state index is 12.5. The second kappa shape index (κ2) is 5.64. The highest BCUT2D eigenvalue weighted by Gasteiger charge is 2.53. The number of aromatic carboxylic acids is 1. The molecule has 1 aromatic carbocycles. The number of carbonyl (C=O) groups is 1. The van der Waals surface area contributed by atoms with Gasteiger partial charge < -0.3 is 9.84 Å². The molecule has 0 unspecified atom stereocenters. The Kier molecular flexibility index (Phi) is 3.96. The molecule has 0 aromatic heterocycles. The molecule has 2 N–H and O–H groups in total. The first-order chi connectivity index (χ1) is 10.4. The predicted octanol–water partition coefficient (Wildman–Crippen LogP) is 1.48. The molecule has 1 heterocycles. The minimum Gasteiger partial charge on any atom is -0.478 e. The summed E-state index contributed by atoms with van der Waals surface area (Å²) in [5.74, 6) is -0.619. The number of benzene rings is 1. The standard InChI is InChI=1S/C15H19NO5S/c1-2-11-13(12-7-8-21-14(11)12)16-22(19,20)10-5-3-9(4-6-10)15(17)18/h3-6,11-14,16H,2,7-8H2,1H3,(H,17,18)/t11-,12+,13-,14-/m1/s1. The van der Waals surface area contributed by atoms with Gasteiger partial charge in [-0.05, 0) is 37.1 Å². The number of rotatable bonds is 5. The average Bonchev–Trinajstić information content (AvgIpc) is 2.90. The van der Waals surface area contributed by atoms with Crippen LogP contribution in [0.1, 0.15) is 30.1 Å². The minimum atomic E-state index is -3.64. The Labute approximate surface area is 129 Å². The molecule has 0 radical (unpaired) electrons. The maximum absolute atomic E-state index is 12.5. The molecule has 1 saturated heterocycles. The van der Waals surface area contributed by atoms with Crippen LogP contribution in [0.4, 0.5) is 0 Å². The molecule has 1 aliphatic carbocycles. The summed E-state index contributed by atoms with van der Waals surface area (Å²) < 4.78 is 33.4. The molecule has 22 heavy (non-hydrogen) atoms. The fourth-order valence-electron chi connectivity index (χ4n) is 3.51. The van der Waals surface area contributed by atoms with E-state index in [9.17, 15) is 13.2 Å². The Morgan fingerprint density at radius 3 is 2.64 bits per heavy atom. The highest BCUT2D eigenvalue weighted by molar-refractivity contribution is 7.89. The molecule has 1 aromatic rings. The SMILES string of the molecule is CC[C@@H]1[C@@H](NS(=O)(=O)c2ccc(C(=O)O)cc2)[C@@H]2CCO[C@H]12. The first-order valence-electron chi connectivity index (χ1n) is 7.41. The van der Waals surface area contributed by atoms with Gasteiger partial charge in [0.1, 0.15) is 0 Å². The second-order valence-corrected chi connectivity index (χ2v) is 7.55. The van der Waals surface area contributed by atoms with Gasteiger partial charge >= 0.3 is 5.97 Å². The van der Waals surface area contributed by atoms with Crippen molar-refractivity contribution in [1.82, 2.24) is 4.72 Å². The van der Waals surface area contributed by atoms with Crippen molar-refractivity contribution < 1.29 is 23.1 Å². The monoisotopic (exact) mass is 325 g/mol. The van der Waals surface area contributed by atoms with Crippen LogP contribution in [0.3, 0.4) is 0 Å². The summed E-state index contributed by atoms with van der Waals surface area (Å²) >= 11 is 0. The number of carboxylic acid groups (broad SMARTS) is 1. The Bertz CT molecular complexity index is 670. The van der Waals surface area contributed by atoms with Crippen LogP contribution in [0.25, 0.3) is 0 Å². The van der Waals surface area contributed by atoms with Gasteiger partial charge in [0.25, 0.3) is 0 Å². The van der Waals surface area contributed by atoms with Gasteiger partial charge in [-0.15, -0.1) is 0 Å². The first-order valence-corrected chi connectivity index (χ1v) is 8.89. The van der Waals surface area contributed by atoms with Crippen molar-refractivity contribution in [3.63, 3.8) is 0 Å². The lowest BCUT2D eigenvalue weighted by Crippen LogP contribution is -2.61. The van der Waals surface area contributed by atoms with Crippen LogP contribution in [0.15, 0.2) is 29.2 Å². The number of fused-ring (bicyclic) bond motifs is 1. The summed E-state index contributed by atoms with van der Waals surface area (Å²) in [6.45, 7) is 2.73. The molecule has 2 fully saturated rings. The molecule has 1 saturated carbocycles. The third kappa shape index (κ3) is 2.53. The summed E-state index contributed by atoms with van der Waals surface area (Å²) in [4.78, 5) is 10.9. The summed E-state index contributed by atoms with van der Waals surface area (Å²) in [6.07, 6.45) is 1.92. The number of ether oxygens (including phenoxy) is 1. The van der Waals surface area contributed by atoms with Crippen molar-refractivity contribution >= 4 is 16.0 Å². The Balaban J connectivity index is 1.77. The zero-order valence-electron chi connectivity index (χ0n) is 12.2. The Hall–Kier alpha value is -1.44. The highest BCUT2D eigenvalue weighted by Crippen LogP contribution is 2.45. The zero-order valence-corrected chi connectivity index (χ0v) is 13.0. The molecule has 1 aliphatic heterocycles. The maximum Gasteiger partial charge on any atom is 0.335 e. The summed E-state index contributed by atoms with van der Waals surface area (Å²) in [5, 5.41) is 8.86. The van der Waals surface area contributed by atoms with Crippen LogP contribution in [0, 0.1) is 11.8 Å². The number of nitrogens with one attached hydrogen (secondary N) is 1. The lowest BCUT2D eigenvalue weighted by molar-refractivity contribution is -0.0501. The average molecular weight is 325 g/mol. The summed E-state index contributed by atoms with van der Waals surface area (Å²) in [7, 11) is -3.64. The summed E-state index contributed by atoms with van der Waals surface area (Å²) in [6, 6.07) is 5.16. The normalized spacial score (nSPS) is 30.6. The largest absolute Gasteiger partial charge is 0.478 e. The number of hydrogen-bond acceptors (Lipinski definition) is 4. The molecule has 0 bridgehead atoms.